The van der Waals surface area contributed by atoms with Gasteiger partial charge in [-0.2, -0.15) is 0 Å². The molecule has 2 N–H and O–H groups in total. The van der Waals surface area contributed by atoms with Crippen molar-refractivity contribution in [1.82, 2.24) is 4.90 Å². The van der Waals surface area contributed by atoms with Crippen LogP contribution in [0.1, 0.15) is 31.2 Å². The van der Waals surface area contributed by atoms with Crippen LogP contribution in [0.5, 0.6) is 0 Å². The second-order valence-corrected chi connectivity index (χ2v) is 6.38. The molecule has 0 heterocycles. The summed E-state index contributed by atoms with van der Waals surface area (Å²) in [6, 6.07) is 5.62. The van der Waals surface area contributed by atoms with Gasteiger partial charge in [-0.05, 0) is 37.0 Å². The van der Waals surface area contributed by atoms with E-state index in [-0.39, 0.29) is 17.9 Å². The van der Waals surface area contributed by atoms with Gasteiger partial charge >= 0.3 is 0 Å². The molecule has 1 fully saturated rings. The van der Waals surface area contributed by atoms with Gasteiger partial charge in [-0.15, -0.1) is 0 Å². The van der Waals surface area contributed by atoms with Crippen LogP contribution in [0.15, 0.2) is 18.2 Å². The summed E-state index contributed by atoms with van der Waals surface area (Å²) >= 11 is 11.9. The molecule has 3 nitrogen and oxygen atoms in total. The number of carbonyl (C=O) groups is 1. The first-order valence-corrected chi connectivity index (χ1v) is 7.67. The highest BCUT2D eigenvalue weighted by Crippen LogP contribution is 2.26. The van der Waals surface area contributed by atoms with Gasteiger partial charge in [0, 0.05) is 25.6 Å². The summed E-state index contributed by atoms with van der Waals surface area (Å²) in [6.07, 6.45) is 3.81. The number of benzene rings is 1. The van der Waals surface area contributed by atoms with E-state index < -0.39 is 0 Å². The third kappa shape index (κ3) is 3.87. The molecule has 2 unspecified atom stereocenters. The summed E-state index contributed by atoms with van der Waals surface area (Å²) in [7, 11) is 1.82. The van der Waals surface area contributed by atoms with Crippen molar-refractivity contribution in [3.8, 4) is 0 Å². The molecule has 110 valence electrons. The zero-order valence-electron chi connectivity index (χ0n) is 11.6. The average Bonchev–Trinajstić information content (AvgIpc) is 2.42. The zero-order chi connectivity index (χ0) is 14.7. The number of hydrogen-bond donors (Lipinski definition) is 1. The van der Waals surface area contributed by atoms with Gasteiger partial charge in [0.05, 0.1) is 10.0 Å². The number of amides is 1. The Hall–Kier alpha value is -0.770. The van der Waals surface area contributed by atoms with Crippen LogP contribution in [-0.4, -0.2) is 23.9 Å². The monoisotopic (exact) mass is 314 g/mol. The van der Waals surface area contributed by atoms with Crippen LogP contribution < -0.4 is 5.73 Å². The summed E-state index contributed by atoms with van der Waals surface area (Å²) in [4.78, 5) is 14.2. The number of rotatable bonds is 3. The molecule has 1 aliphatic rings. The van der Waals surface area contributed by atoms with Crippen molar-refractivity contribution < 1.29 is 4.79 Å². The quantitative estimate of drug-likeness (QED) is 0.928. The fraction of sp³-hybridized carbons (Fsp3) is 0.533. The smallest absolute Gasteiger partial charge is 0.225 e. The molecule has 0 saturated heterocycles. The van der Waals surface area contributed by atoms with E-state index in [0.717, 1.165) is 31.2 Å². The van der Waals surface area contributed by atoms with Gasteiger partial charge in [-0.3, -0.25) is 4.79 Å². The summed E-state index contributed by atoms with van der Waals surface area (Å²) < 4.78 is 0. The van der Waals surface area contributed by atoms with Crippen molar-refractivity contribution in [1.29, 1.82) is 0 Å². The minimum atomic E-state index is 0.0616. The average molecular weight is 315 g/mol. The zero-order valence-corrected chi connectivity index (χ0v) is 13.1. The number of halogens is 2. The molecule has 5 heteroatoms. The molecule has 1 saturated carbocycles. The van der Waals surface area contributed by atoms with Crippen molar-refractivity contribution >= 4 is 29.1 Å². The van der Waals surface area contributed by atoms with Crippen LogP contribution >= 0.6 is 23.2 Å². The molecule has 0 radical (unpaired) electrons. The van der Waals surface area contributed by atoms with Crippen LogP contribution in [-0.2, 0) is 11.3 Å². The van der Waals surface area contributed by atoms with Crippen molar-refractivity contribution in [2.75, 3.05) is 7.05 Å². The number of carbonyl (C=O) groups excluding carboxylic acids is 1. The normalized spacial score (nSPS) is 22.6. The van der Waals surface area contributed by atoms with Crippen LogP contribution in [0, 0.1) is 5.92 Å². The lowest BCUT2D eigenvalue weighted by Gasteiger charge is -2.29. The fourth-order valence-electron chi connectivity index (χ4n) is 2.75. The van der Waals surface area contributed by atoms with Crippen LogP contribution in [0.4, 0.5) is 0 Å². The highest BCUT2D eigenvalue weighted by atomic mass is 35.5. The highest BCUT2D eigenvalue weighted by Gasteiger charge is 2.27. The first kappa shape index (κ1) is 15.6. The molecule has 1 aromatic rings. The lowest BCUT2D eigenvalue weighted by molar-refractivity contribution is -0.135. The van der Waals surface area contributed by atoms with Crippen molar-refractivity contribution in [2.45, 2.75) is 38.3 Å². The SMILES string of the molecule is CN(Cc1ccc(Cl)c(Cl)c1)C(=O)C1CCCC(N)C1. The van der Waals surface area contributed by atoms with Crippen molar-refractivity contribution in [3.63, 3.8) is 0 Å². The summed E-state index contributed by atoms with van der Waals surface area (Å²) in [6.45, 7) is 0.543. The van der Waals surface area contributed by atoms with Gasteiger partial charge in [0.15, 0.2) is 0 Å². The van der Waals surface area contributed by atoms with E-state index in [0.29, 0.717) is 16.6 Å². The highest BCUT2D eigenvalue weighted by molar-refractivity contribution is 6.42. The fourth-order valence-corrected chi connectivity index (χ4v) is 3.07. The maximum atomic E-state index is 12.4. The Balaban J connectivity index is 1.98. The minimum Gasteiger partial charge on any atom is -0.341 e. The minimum absolute atomic E-state index is 0.0616. The Bertz CT molecular complexity index is 493. The van der Waals surface area contributed by atoms with E-state index in [4.69, 9.17) is 28.9 Å². The third-order valence-corrected chi connectivity index (χ3v) is 4.58. The second-order valence-electron chi connectivity index (χ2n) is 5.57. The number of hydrogen-bond acceptors (Lipinski definition) is 2. The predicted octanol–water partition coefficient (Wildman–Crippen LogP) is 3.47. The van der Waals surface area contributed by atoms with E-state index in [1.807, 2.05) is 13.1 Å². The van der Waals surface area contributed by atoms with Gasteiger partial charge in [-0.25, -0.2) is 0 Å². The first-order chi connectivity index (χ1) is 9.47. The van der Waals surface area contributed by atoms with Crippen LogP contribution in [0.3, 0.4) is 0 Å². The van der Waals surface area contributed by atoms with E-state index in [1.165, 1.54) is 0 Å². The largest absolute Gasteiger partial charge is 0.341 e. The molecule has 0 aliphatic heterocycles. The molecule has 0 aromatic heterocycles. The predicted molar refractivity (Wildman–Crippen MR) is 82.9 cm³/mol. The van der Waals surface area contributed by atoms with Gasteiger partial charge < -0.3 is 10.6 Å². The third-order valence-electron chi connectivity index (χ3n) is 3.84. The molecule has 1 aliphatic carbocycles. The van der Waals surface area contributed by atoms with Gasteiger partial charge in [0.2, 0.25) is 5.91 Å². The molecule has 0 spiro atoms. The van der Waals surface area contributed by atoms with E-state index >= 15 is 0 Å². The molecule has 1 amide bonds. The van der Waals surface area contributed by atoms with E-state index in [2.05, 4.69) is 0 Å². The molecular weight excluding hydrogens is 295 g/mol. The molecule has 20 heavy (non-hydrogen) atoms. The van der Waals surface area contributed by atoms with Crippen molar-refractivity contribution in [2.24, 2.45) is 11.7 Å². The van der Waals surface area contributed by atoms with Crippen molar-refractivity contribution in [3.05, 3.63) is 33.8 Å². The van der Waals surface area contributed by atoms with Gasteiger partial charge in [0.25, 0.3) is 0 Å². The summed E-state index contributed by atoms with van der Waals surface area (Å²) in [5.41, 5.74) is 6.93. The van der Waals surface area contributed by atoms with Gasteiger partial charge in [-0.1, -0.05) is 35.7 Å². The maximum Gasteiger partial charge on any atom is 0.225 e. The summed E-state index contributed by atoms with van der Waals surface area (Å²) in [5, 5.41) is 1.05. The van der Waals surface area contributed by atoms with E-state index in [9.17, 15) is 4.79 Å². The molecule has 2 rings (SSSR count). The molecule has 2 atom stereocenters. The Kier molecular flexibility index (Phi) is 5.30. The Morgan fingerprint density at radius 1 is 1.35 bits per heavy atom. The Labute approximate surface area is 130 Å². The topological polar surface area (TPSA) is 46.3 Å². The summed E-state index contributed by atoms with van der Waals surface area (Å²) in [5.74, 6) is 0.234. The lowest BCUT2D eigenvalue weighted by Crippen LogP contribution is -2.38. The maximum absolute atomic E-state index is 12.4. The van der Waals surface area contributed by atoms with Crippen LogP contribution in [0.2, 0.25) is 10.0 Å². The number of nitrogens with two attached hydrogens (primary N) is 1. The van der Waals surface area contributed by atoms with Gasteiger partial charge in [0.1, 0.15) is 0 Å². The Morgan fingerprint density at radius 3 is 2.75 bits per heavy atom. The first-order valence-electron chi connectivity index (χ1n) is 6.92. The number of nitrogens with zero attached hydrogens (tertiary/aromatic N) is 1. The lowest BCUT2D eigenvalue weighted by atomic mass is 9.85. The van der Waals surface area contributed by atoms with Crippen LogP contribution in [0.25, 0.3) is 0 Å². The standard InChI is InChI=1S/C15H20Cl2N2O/c1-19(9-10-5-6-13(16)14(17)7-10)15(20)11-3-2-4-12(18)8-11/h5-7,11-12H,2-4,8-9,18H2,1H3. The van der Waals surface area contributed by atoms with E-state index in [1.54, 1.807) is 17.0 Å². The second kappa shape index (κ2) is 6.79. The molecule has 1 aromatic carbocycles. The molecule has 0 bridgehead atoms. The Morgan fingerprint density at radius 2 is 2.10 bits per heavy atom. The molecular formula is C15H20Cl2N2O.